The standard InChI is InChI=1S/C17H27N7O.HI/c1-3-23-13-21-22-16(23)12-20-17(18-2)19-11-14(15-7-6-10-25-15)24-8-4-5-9-24;/h6-7,10,13-14H,3-5,8-9,11-12H2,1-2H3,(H2,18,19,20);1H. The Morgan fingerprint density at radius 3 is 2.81 bits per heavy atom. The minimum absolute atomic E-state index is 0. The molecular weight excluding hydrogens is 445 g/mol. The Balaban J connectivity index is 0.00000243. The number of aromatic nitrogens is 3. The van der Waals surface area contributed by atoms with E-state index in [0.29, 0.717) is 6.54 Å². The number of nitrogens with one attached hydrogen (secondary N) is 2. The molecule has 0 saturated carbocycles. The van der Waals surface area contributed by atoms with E-state index in [-0.39, 0.29) is 30.0 Å². The summed E-state index contributed by atoms with van der Waals surface area (Å²) in [6.45, 7) is 6.48. The zero-order valence-corrected chi connectivity index (χ0v) is 17.7. The van der Waals surface area contributed by atoms with Crippen molar-refractivity contribution >= 4 is 29.9 Å². The smallest absolute Gasteiger partial charge is 0.191 e. The number of halogens is 1. The highest BCUT2D eigenvalue weighted by molar-refractivity contribution is 14.0. The molecule has 8 nitrogen and oxygen atoms in total. The summed E-state index contributed by atoms with van der Waals surface area (Å²) in [7, 11) is 1.78. The summed E-state index contributed by atoms with van der Waals surface area (Å²) in [5, 5.41) is 14.8. The van der Waals surface area contributed by atoms with Crippen molar-refractivity contribution in [3.63, 3.8) is 0 Å². The molecule has 2 aromatic heterocycles. The van der Waals surface area contributed by atoms with Gasteiger partial charge in [0.05, 0.1) is 18.8 Å². The predicted octanol–water partition coefficient (Wildman–Crippen LogP) is 2.01. The average molecular weight is 473 g/mol. The lowest BCUT2D eigenvalue weighted by Crippen LogP contribution is -2.42. The number of guanidine groups is 1. The van der Waals surface area contributed by atoms with Crippen LogP contribution < -0.4 is 10.6 Å². The molecule has 1 aliphatic heterocycles. The van der Waals surface area contributed by atoms with Crippen LogP contribution in [0.25, 0.3) is 0 Å². The summed E-state index contributed by atoms with van der Waals surface area (Å²) >= 11 is 0. The zero-order chi connectivity index (χ0) is 17.5. The van der Waals surface area contributed by atoms with E-state index >= 15 is 0 Å². The molecule has 1 atom stereocenters. The lowest BCUT2D eigenvalue weighted by atomic mass is 10.2. The van der Waals surface area contributed by atoms with Crippen LogP contribution in [0.2, 0.25) is 0 Å². The van der Waals surface area contributed by atoms with Crippen molar-refractivity contribution in [1.29, 1.82) is 0 Å². The normalized spacial score (nSPS) is 16.3. The fourth-order valence-corrected chi connectivity index (χ4v) is 3.20. The van der Waals surface area contributed by atoms with E-state index in [1.807, 2.05) is 16.7 Å². The molecule has 1 unspecified atom stereocenters. The monoisotopic (exact) mass is 473 g/mol. The van der Waals surface area contributed by atoms with Gasteiger partial charge < -0.3 is 19.6 Å². The minimum atomic E-state index is 0. The van der Waals surface area contributed by atoms with Crippen LogP contribution in [0.1, 0.15) is 37.4 Å². The number of nitrogens with zero attached hydrogens (tertiary/aromatic N) is 5. The second-order valence-electron chi connectivity index (χ2n) is 6.11. The lowest BCUT2D eigenvalue weighted by Gasteiger charge is -2.26. The van der Waals surface area contributed by atoms with Crippen LogP contribution >= 0.6 is 24.0 Å². The molecule has 2 aromatic rings. The lowest BCUT2D eigenvalue weighted by molar-refractivity contribution is 0.215. The SMILES string of the molecule is CCn1cnnc1CNC(=NC)NCC(c1ccco1)N1CCCC1.I. The van der Waals surface area contributed by atoms with Gasteiger partial charge in [-0.3, -0.25) is 9.89 Å². The van der Waals surface area contributed by atoms with E-state index < -0.39 is 0 Å². The summed E-state index contributed by atoms with van der Waals surface area (Å²) < 4.78 is 7.67. The molecule has 0 spiro atoms. The first-order valence-electron chi connectivity index (χ1n) is 8.90. The molecule has 3 heterocycles. The van der Waals surface area contributed by atoms with Gasteiger partial charge in [-0.15, -0.1) is 34.2 Å². The van der Waals surface area contributed by atoms with E-state index in [1.54, 1.807) is 19.6 Å². The third-order valence-corrected chi connectivity index (χ3v) is 4.59. The molecule has 0 bridgehead atoms. The van der Waals surface area contributed by atoms with Crippen molar-refractivity contribution in [3.8, 4) is 0 Å². The van der Waals surface area contributed by atoms with Crippen LogP contribution in [0.4, 0.5) is 0 Å². The summed E-state index contributed by atoms with van der Waals surface area (Å²) in [4.78, 5) is 6.78. The largest absolute Gasteiger partial charge is 0.468 e. The summed E-state index contributed by atoms with van der Waals surface area (Å²) in [5.41, 5.74) is 0. The van der Waals surface area contributed by atoms with Gasteiger partial charge in [0, 0.05) is 20.1 Å². The van der Waals surface area contributed by atoms with Crippen LogP contribution in [0.15, 0.2) is 34.1 Å². The second kappa shape index (κ2) is 10.5. The van der Waals surface area contributed by atoms with E-state index in [4.69, 9.17) is 4.42 Å². The maximum absolute atomic E-state index is 5.66. The number of aryl methyl sites for hydroxylation is 1. The number of hydrogen-bond donors (Lipinski definition) is 2. The van der Waals surface area contributed by atoms with Gasteiger partial charge in [0.25, 0.3) is 0 Å². The highest BCUT2D eigenvalue weighted by Gasteiger charge is 2.25. The number of aliphatic imine (C=N–C) groups is 1. The molecule has 1 fully saturated rings. The molecule has 1 aliphatic rings. The van der Waals surface area contributed by atoms with Crippen LogP contribution in [-0.2, 0) is 13.1 Å². The van der Waals surface area contributed by atoms with Crippen molar-refractivity contribution in [2.75, 3.05) is 26.7 Å². The first-order valence-corrected chi connectivity index (χ1v) is 8.90. The quantitative estimate of drug-likeness (QED) is 0.364. The van der Waals surface area contributed by atoms with Crippen molar-refractivity contribution in [2.24, 2.45) is 4.99 Å². The van der Waals surface area contributed by atoms with E-state index in [0.717, 1.165) is 43.7 Å². The molecular formula is C17H28IN7O. The number of rotatable bonds is 7. The highest BCUT2D eigenvalue weighted by atomic mass is 127. The topological polar surface area (TPSA) is 83.5 Å². The predicted molar refractivity (Wildman–Crippen MR) is 112 cm³/mol. The van der Waals surface area contributed by atoms with Gasteiger partial charge in [-0.2, -0.15) is 0 Å². The third kappa shape index (κ3) is 5.19. The molecule has 144 valence electrons. The molecule has 1 saturated heterocycles. The van der Waals surface area contributed by atoms with Crippen molar-refractivity contribution in [2.45, 2.75) is 38.9 Å². The zero-order valence-electron chi connectivity index (χ0n) is 15.4. The first kappa shape index (κ1) is 20.7. The van der Waals surface area contributed by atoms with Gasteiger partial charge in [0.1, 0.15) is 12.1 Å². The Kier molecular flexibility index (Phi) is 8.36. The molecule has 3 rings (SSSR count). The summed E-state index contributed by atoms with van der Waals surface area (Å²) in [5.74, 6) is 2.64. The van der Waals surface area contributed by atoms with Crippen LogP contribution in [0.5, 0.6) is 0 Å². The van der Waals surface area contributed by atoms with Gasteiger partial charge in [-0.25, -0.2) is 0 Å². The van der Waals surface area contributed by atoms with Gasteiger partial charge in [0.15, 0.2) is 11.8 Å². The van der Waals surface area contributed by atoms with Crippen molar-refractivity contribution in [3.05, 3.63) is 36.3 Å². The molecule has 0 radical (unpaired) electrons. The molecule has 0 aromatic carbocycles. The van der Waals surface area contributed by atoms with Crippen LogP contribution in [0.3, 0.4) is 0 Å². The molecule has 26 heavy (non-hydrogen) atoms. The first-order chi connectivity index (χ1) is 12.3. The van der Waals surface area contributed by atoms with Crippen molar-refractivity contribution < 1.29 is 4.42 Å². The van der Waals surface area contributed by atoms with Gasteiger partial charge >= 0.3 is 0 Å². The molecule has 0 amide bonds. The van der Waals surface area contributed by atoms with Crippen molar-refractivity contribution in [1.82, 2.24) is 30.3 Å². The molecule has 2 N–H and O–H groups in total. The Labute approximate surface area is 171 Å². The number of likely N-dealkylation sites (tertiary alicyclic amines) is 1. The third-order valence-electron chi connectivity index (χ3n) is 4.59. The van der Waals surface area contributed by atoms with Crippen LogP contribution in [0, 0.1) is 0 Å². The summed E-state index contributed by atoms with van der Waals surface area (Å²) in [6.07, 6.45) is 5.98. The molecule has 9 heteroatoms. The van der Waals surface area contributed by atoms with Crippen LogP contribution in [-0.4, -0.2) is 52.3 Å². The van der Waals surface area contributed by atoms with Gasteiger partial charge in [0.2, 0.25) is 0 Å². The maximum Gasteiger partial charge on any atom is 0.191 e. The van der Waals surface area contributed by atoms with E-state index in [1.165, 1.54) is 12.8 Å². The number of hydrogen-bond acceptors (Lipinski definition) is 5. The van der Waals surface area contributed by atoms with E-state index in [2.05, 4.69) is 37.6 Å². The fourth-order valence-electron chi connectivity index (χ4n) is 3.20. The highest BCUT2D eigenvalue weighted by Crippen LogP contribution is 2.24. The maximum atomic E-state index is 5.66. The number of furan rings is 1. The summed E-state index contributed by atoms with van der Waals surface area (Å²) in [6, 6.07) is 4.21. The Morgan fingerprint density at radius 1 is 1.35 bits per heavy atom. The van der Waals surface area contributed by atoms with E-state index in [9.17, 15) is 0 Å². The Hall–Kier alpha value is -1.62. The molecule has 0 aliphatic carbocycles. The Bertz CT molecular complexity index is 664. The van der Waals surface area contributed by atoms with Gasteiger partial charge in [-0.1, -0.05) is 0 Å². The van der Waals surface area contributed by atoms with Gasteiger partial charge in [-0.05, 0) is 45.0 Å². The Morgan fingerprint density at radius 2 is 2.15 bits per heavy atom. The fraction of sp³-hybridized carbons (Fsp3) is 0.588. The average Bonchev–Trinajstić information content (AvgIpc) is 3.40. The minimum Gasteiger partial charge on any atom is -0.468 e. The second-order valence-corrected chi connectivity index (χ2v) is 6.11.